The summed E-state index contributed by atoms with van der Waals surface area (Å²) < 4.78 is 69.7. The highest BCUT2D eigenvalue weighted by atomic mass is 79.9. The maximum Gasteiger partial charge on any atom is 0.418 e. The third-order valence-electron chi connectivity index (χ3n) is 4.97. The van der Waals surface area contributed by atoms with Gasteiger partial charge in [-0.2, -0.15) is 22.5 Å². The van der Waals surface area contributed by atoms with Crippen LogP contribution in [0.15, 0.2) is 43.3 Å². The van der Waals surface area contributed by atoms with Crippen molar-refractivity contribution in [3.63, 3.8) is 0 Å². The molecular weight excluding hydrogens is 545 g/mol. The van der Waals surface area contributed by atoms with Gasteiger partial charge in [0.2, 0.25) is 0 Å². The molecule has 0 N–H and O–H groups in total. The summed E-state index contributed by atoms with van der Waals surface area (Å²) in [6.45, 7) is 1.84. The van der Waals surface area contributed by atoms with E-state index < -0.39 is 33.7 Å². The highest BCUT2D eigenvalue weighted by molar-refractivity contribution is 9.11. The number of carbonyl (C=O) groups excluding carboxylic acids is 1. The SMILES string of the molecule is C[C@@H]1CN(c2ccc(C(=O)/N=C/N(C)C)cc2C(F)(F)F)CCN1S(=O)(=O)c1ccc(Br)s1. The van der Waals surface area contributed by atoms with Crippen molar-refractivity contribution in [3.05, 3.63) is 45.2 Å². The Labute approximate surface area is 202 Å². The predicted molar refractivity (Wildman–Crippen MR) is 126 cm³/mol. The molecule has 0 unspecified atom stereocenters. The average Bonchev–Trinajstić information content (AvgIpc) is 3.18. The molecule has 1 aliphatic rings. The third kappa shape index (κ3) is 5.76. The zero-order valence-corrected chi connectivity index (χ0v) is 21.2. The van der Waals surface area contributed by atoms with Crippen molar-refractivity contribution < 1.29 is 26.4 Å². The third-order valence-corrected chi connectivity index (χ3v) is 9.08. The molecule has 0 spiro atoms. The molecule has 0 radical (unpaired) electrons. The van der Waals surface area contributed by atoms with Gasteiger partial charge in [-0.15, -0.1) is 11.3 Å². The summed E-state index contributed by atoms with van der Waals surface area (Å²) in [5.74, 6) is -0.785. The fraction of sp³-hybridized carbons (Fsp3) is 0.400. The van der Waals surface area contributed by atoms with E-state index in [0.717, 1.165) is 17.4 Å². The Morgan fingerprint density at radius 3 is 2.48 bits per heavy atom. The number of hydrogen-bond acceptors (Lipinski definition) is 5. The quantitative estimate of drug-likeness (QED) is 0.401. The molecule has 7 nitrogen and oxygen atoms in total. The van der Waals surface area contributed by atoms with Crippen molar-refractivity contribution in [2.24, 2.45) is 4.99 Å². The number of halogens is 4. The van der Waals surface area contributed by atoms with E-state index in [1.807, 2.05) is 0 Å². The van der Waals surface area contributed by atoms with E-state index in [1.165, 1.54) is 38.6 Å². The van der Waals surface area contributed by atoms with Gasteiger partial charge in [-0.1, -0.05) is 0 Å². The molecule has 13 heteroatoms. The van der Waals surface area contributed by atoms with Crippen LogP contribution in [0.2, 0.25) is 0 Å². The van der Waals surface area contributed by atoms with Gasteiger partial charge in [0.1, 0.15) is 4.21 Å². The fourth-order valence-corrected chi connectivity index (χ4v) is 7.24. The number of rotatable bonds is 5. The predicted octanol–water partition coefficient (Wildman–Crippen LogP) is 4.16. The molecule has 0 aliphatic carbocycles. The molecule has 0 bridgehead atoms. The molecule has 1 saturated heterocycles. The first kappa shape index (κ1) is 25.7. The Kier molecular flexibility index (Phi) is 7.56. The molecule has 1 atom stereocenters. The number of nitrogens with zero attached hydrogens (tertiary/aromatic N) is 4. The van der Waals surface area contributed by atoms with Gasteiger partial charge in [0.15, 0.2) is 0 Å². The minimum atomic E-state index is -4.70. The highest BCUT2D eigenvalue weighted by Crippen LogP contribution is 2.39. The van der Waals surface area contributed by atoms with Crippen LogP contribution in [0.4, 0.5) is 18.9 Å². The van der Waals surface area contributed by atoms with E-state index in [0.29, 0.717) is 3.79 Å². The van der Waals surface area contributed by atoms with Gasteiger partial charge in [-0.05, 0) is 53.2 Å². The lowest BCUT2D eigenvalue weighted by atomic mass is 10.0. The maximum absolute atomic E-state index is 13.9. The number of amides is 1. The van der Waals surface area contributed by atoms with E-state index in [-0.39, 0.29) is 35.1 Å². The van der Waals surface area contributed by atoms with Gasteiger partial charge in [-0.25, -0.2) is 8.42 Å². The summed E-state index contributed by atoms with van der Waals surface area (Å²) in [5.41, 5.74) is -1.24. The summed E-state index contributed by atoms with van der Waals surface area (Å²) in [7, 11) is -0.481. The molecule has 1 amide bonds. The molecule has 3 rings (SSSR count). The fourth-order valence-electron chi connectivity index (χ4n) is 3.48. The number of anilines is 1. The number of carbonyl (C=O) groups is 1. The second kappa shape index (κ2) is 9.72. The smallest absolute Gasteiger partial charge is 0.369 e. The van der Waals surface area contributed by atoms with Crippen LogP contribution < -0.4 is 4.90 Å². The van der Waals surface area contributed by atoms with Crippen molar-refractivity contribution >= 4 is 55.2 Å². The van der Waals surface area contributed by atoms with Crippen LogP contribution in [0, 0.1) is 0 Å². The first-order valence-corrected chi connectivity index (χ1v) is 12.8. The zero-order chi connectivity index (χ0) is 24.6. The molecule has 1 aromatic carbocycles. The molecule has 1 aliphatic heterocycles. The van der Waals surface area contributed by atoms with Crippen molar-refractivity contribution in [3.8, 4) is 0 Å². The summed E-state index contributed by atoms with van der Waals surface area (Å²) in [6.07, 6.45) is -3.48. The molecule has 180 valence electrons. The van der Waals surface area contributed by atoms with Gasteiger partial charge in [-0.3, -0.25) is 4.79 Å². The maximum atomic E-state index is 13.9. The average molecular weight is 567 g/mol. The highest BCUT2D eigenvalue weighted by Gasteiger charge is 2.39. The normalized spacial score (nSPS) is 18.2. The summed E-state index contributed by atoms with van der Waals surface area (Å²) in [4.78, 5) is 18.8. The minimum absolute atomic E-state index is 0.0319. The molecular formula is C20H22BrF3N4O3S2. The topological polar surface area (TPSA) is 73.3 Å². The second-order valence-electron chi connectivity index (χ2n) is 7.71. The molecule has 2 aromatic rings. The van der Waals surface area contributed by atoms with Gasteiger partial charge in [0.05, 0.1) is 15.7 Å². The van der Waals surface area contributed by atoms with E-state index in [1.54, 1.807) is 27.1 Å². The lowest BCUT2D eigenvalue weighted by Gasteiger charge is -2.40. The largest absolute Gasteiger partial charge is 0.418 e. The minimum Gasteiger partial charge on any atom is -0.369 e. The molecule has 33 heavy (non-hydrogen) atoms. The second-order valence-corrected chi connectivity index (χ2v) is 12.3. The lowest BCUT2D eigenvalue weighted by Crippen LogP contribution is -2.54. The van der Waals surface area contributed by atoms with Gasteiger partial charge in [0, 0.05) is 51.0 Å². The van der Waals surface area contributed by atoms with Crippen molar-refractivity contribution in [1.82, 2.24) is 9.21 Å². The van der Waals surface area contributed by atoms with Gasteiger partial charge >= 0.3 is 6.18 Å². The van der Waals surface area contributed by atoms with E-state index in [2.05, 4.69) is 20.9 Å². The summed E-state index contributed by atoms with van der Waals surface area (Å²) in [5, 5.41) is 0. The Morgan fingerprint density at radius 2 is 1.94 bits per heavy atom. The van der Waals surface area contributed by atoms with Crippen LogP contribution in [-0.4, -0.2) is 69.6 Å². The van der Waals surface area contributed by atoms with E-state index in [9.17, 15) is 26.4 Å². The number of hydrogen-bond donors (Lipinski definition) is 0. The number of sulfonamides is 1. The summed E-state index contributed by atoms with van der Waals surface area (Å²) >= 11 is 4.33. The number of piperazine rings is 1. The van der Waals surface area contributed by atoms with Crippen molar-refractivity contribution in [2.75, 3.05) is 38.6 Å². The van der Waals surface area contributed by atoms with Crippen LogP contribution in [0.1, 0.15) is 22.8 Å². The van der Waals surface area contributed by atoms with Crippen LogP contribution in [0.25, 0.3) is 0 Å². The Bertz CT molecular complexity index is 1170. The standard InChI is InChI=1S/C20H22BrF3N4O3S2/c1-13-11-27(8-9-28(13)33(30,31)18-7-6-17(21)32-18)16-5-4-14(10-15(16)20(22,23)24)19(29)25-12-26(2)3/h4-7,10,12-13H,8-9,11H2,1-3H3/b25-12+/t13-/m1/s1. The van der Waals surface area contributed by atoms with Crippen LogP contribution in [0.5, 0.6) is 0 Å². The Balaban J connectivity index is 1.87. The molecule has 2 heterocycles. The van der Waals surface area contributed by atoms with Crippen LogP contribution in [0.3, 0.4) is 0 Å². The number of benzene rings is 1. The first-order valence-electron chi connectivity index (χ1n) is 9.79. The number of alkyl halides is 3. The molecule has 1 aromatic heterocycles. The summed E-state index contributed by atoms with van der Waals surface area (Å²) in [6, 6.07) is 5.92. The van der Waals surface area contributed by atoms with Crippen LogP contribution in [-0.2, 0) is 16.2 Å². The lowest BCUT2D eigenvalue weighted by molar-refractivity contribution is -0.137. The number of aliphatic imine (C=N–C) groups is 1. The molecule has 1 fully saturated rings. The van der Waals surface area contributed by atoms with Crippen molar-refractivity contribution in [2.45, 2.75) is 23.4 Å². The van der Waals surface area contributed by atoms with Gasteiger partial charge < -0.3 is 9.80 Å². The Morgan fingerprint density at radius 1 is 1.24 bits per heavy atom. The monoisotopic (exact) mass is 566 g/mol. The van der Waals surface area contributed by atoms with Gasteiger partial charge in [0.25, 0.3) is 15.9 Å². The van der Waals surface area contributed by atoms with E-state index in [4.69, 9.17) is 0 Å². The zero-order valence-electron chi connectivity index (χ0n) is 18.0. The van der Waals surface area contributed by atoms with Crippen molar-refractivity contribution in [1.29, 1.82) is 0 Å². The Hall–Kier alpha value is -1.96. The molecule has 0 saturated carbocycles. The van der Waals surface area contributed by atoms with E-state index >= 15 is 0 Å². The number of thiophene rings is 1. The first-order chi connectivity index (χ1) is 15.3. The van der Waals surface area contributed by atoms with Crippen LogP contribution >= 0.6 is 27.3 Å².